The van der Waals surface area contributed by atoms with E-state index in [4.69, 9.17) is 10.5 Å². The molecule has 2 aromatic rings. The Labute approximate surface area is 125 Å². The molecule has 0 heterocycles. The Morgan fingerprint density at radius 2 is 1.95 bits per heavy atom. The zero-order valence-electron chi connectivity index (χ0n) is 10.3. The molecule has 3 N–H and O–H groups in total. The summed E-state index contributed by atoms with van der Waals surface area (Å²) in [6.07, 6.45) is 0. The Hall–Kier alpha value is -1.76. The largest absolute Gasteiger partial charge is 0.454 e. The van der Waals surface area contributed by atoms with E-state index in [1.54, 1.807) is 25.2 Å². The number of carbonyl (C=O) groups excluding carboxylic acids is 1. The first-order valence-corrected chi connectivity index (χ1v) is 6.73. The summed E-state index contributed by atoms with van der Waals surface area (Å²) in [5.41, 5.74) is 6.87. The van der Waals surface area contributed by atoms with Crippen molar-refractivity contribution in [2.45, 2.75) is 0 Å². The maximum atomic E-state index is 11.6. The molecule has 0 saturated heterocycles. The summed E-state index contributed by atoms with van der Waals surface area (Å²) in [5, 5.41) is 2.57. The number of hydrogen-bond acceptors (Lipinski definition) is 3. The average molecular weight is 368 g/mol. The molecule has 0 aliphatic carbocycles. The Morgan fingerprint density at radius 1 is 1.21 bits per heavy atom. The van der Waals surface area contributed by atoms with Crippen LogP contribution in [0.1, 0.15) is 10.4 Å². The number of nitrogens with two attached hydrogens (primary N) is 1. The highest BCUT2D eigenvalue weighted by Crippen LogP contribution is 2.31. The van der Waals surface area contributed by atoms with Crippen LogP contribution >= 0.6 is 22.6 Å². The van der Waals surface area contributed by atoms with Crippen LogP contribution < -0.4 is 15.8 Å². The van der Waals surface area contributed by atoms with Crippen LogP contribution in [0.3, 0.4) is 0 Å². The van der Waals surface area contributed by atoms with Crippen molar-refractivity contribution in [2.75, 3.05) is 12.8 Å². The molecular weight excluding hydrogens is 355 g/mol. The number of nitrogens with one attached hydrogen (secondary N) is 1. The number of amides is 1. The summed E-state index contributed by atoms with van der Waals surface area (Å²) in [5.74, 6) is 1.02. The molecule has 0 atom stereocenters. The van der Waals surface area contributed by atoms with E-state index in [1.807, 2.05) is 24.3 Å². The monoisotopic (exact) mass is 368 g/mol. The molecule has 0 bridgehead atoms. The van der Waals surface area contributed by atoms with Crippen LogP contribution in [0, 0.1) is 3.57 Å². The lowest BCUT2D eigenvalue weighted by Crippen LogP contribution is -2.17. The fraction of sp³-hybridized carbons (Fsp3) is 0.0714. The summed E-state index contributed by atoms with van der Waals surface area (Å²) < 4.78 is 6.74. The van der Waals surface area contributed by atoms with Gasteiger partial charge in [0, 0.05) is 12.6 Å². The first kappa shape index (κ1) is 13.7. The highest BCUT2D eigenvalue weighted by atomic mass is 127. The second kappa shape index (κ2) is 5.92. The predicted molar refractivity (Wildman–Crippen MR) is 83.5 cm³/mol. The van der Waals surface area contributed by atoms with Crippen molar-refractivity contribution in [2.24, 2.45) is 0 Å². The average Bonchev–Trinajstić information content (AvgIpc) is 2.42. The third kappa shape index (κ3) is 3.17. The first-order chi connectivity index (χ1) is 9.11. The van der Waals surface area contributed by atoms with Crippen molar-refractivity contribution in [3.05, 3.63) is 51.6 Å². The summed E-state index contributed by atoms with van der Waals surface area (Å²) in [6, 6.07) is 12.6. The fourth-order valence-electron chi connectivity index (χ4n) is 1.55. The van der Waals surface area contributed by atoms with E-state index in [1.165, 1.54) is 0 Å². The topological polar surface area (TPSA) is 64.4 Å². The maximum absolute atomic E-state index is 11.6. The van der Waals surface area contributed by atoms with Crippen LogP contribution in [-0.4, -0.2) is 13.0 Å². The molecule has 0 fully saturated rings. The SMILES string of the molecule is CNC(=O)c1ccc(N)c(Oc2ccccc2I)c1. The Morgan fingerprint density at radius 3 is 2.63 bits per heavy atom. The van der Waals surface area contributed by atoms with Gasteiger partial charge >= 0.3 is 0 Å². The van der Waals surface area contributed by atoms with Crippen LogP contribution in [0.15, 0.2) is 42.5 Å². The number of carbonyl (C=O) groups is 1. The Kier molecular flexibility index (Phi) is 4.26. The summed E-state index contributed by atoms with van der Waals surface area (Å²) in [4.78, 5) is 11.6. The summed E-state index contributed by atoms with van der Waals surface area (Å²) >= 11 is 2.18. The number of nitrogen functional groups attached to an aromatic ring is 1. The van der Waals surface area contributed by atoms with Crippen molar-refractivity contribution < 1.29 is 9.53 Å². The molecule has 5 heteroatoms. The van der Waals surface area contributed by atoms with Gasteiger partial charge in [0.05, 0.1) is 9.26 Å². The van der Waals surface area contributed by atoms with Crippen molar-refractivity contribution in [1.82, 2.24) is 5.32 Å². The van der Waals surface area contributed by atoms with Gasteiger partial charge in [0.15, 0.2) is 5.75 Å². The molecule has 0 aliphatic rings. The van der Waals surface area contributed by atoms with Gasteiger partial charge in [0.1, 0.15) is 5.75 Å². The van der Waals surface area contributed by atoms with Crippen LogP contribution in [0.25, 0.3) is 0 Å². The number of benzene rings is 2. The van der Waals surface area contributed by atoms with Crippen LogP contribution in [0.5, 0.6) is 11.5 Å². The number of hydrogen-bond donors (Lipinski definition) is 2. The normalized spacial score (nSPS) is 10.0. The van der Waals surface area contributed by atoms with Gasteiger partial charge in [-0.05, 0) is 52.9 Å². The summed E-state index contributed by atoms with van der Waals surface area (Å²) in [7, 11) is 1.58. The number of rotatable bonds is 3. The van der Waals surface area contributed by atoms with Gasteiger partial charge in [-0.25, -0.2) is 0 Å². The maximum Gasteiger partial charge on any atom is 0.251 e. The van der Waals surface area contributed by atoms with E-state index in [-0.39, 0.29) is 5.91 Å². The van der Waals surface area contributed by atoms with E-state index in [9.17, 15) is 4.79 Å². The number of halogens is 1. The highest BCUT2D eigenvalue weighted by molar-refractivity contribution is 14.1. The van der Waals surface area contributed by atoms with Gasteiger partial charge in [0.25, 0.3) is 5.91 Å². The molecule has 2 rings (SSSR count). The molecule has 1 amide bonds. The molecule has 0 radical (unpaired) electrons. The standard InChI is InChI=1S/C14H13IN2O2/c1-17-14(18)9-6-7-11(16)13(8-9)19-12-5-3-2-4-10(12)15/h2-8H,16H2,1H3,(H,17,18). The lowest BCUT2D eigenvalue weighted by molar-refractivity contribution is 0.0963. The van der Waals surface area contributed by atoms with E-state index in [0.29, 0.717) is 22.7 Å². The number of para-hydroxylation sites is 1. The smallest absolute Gasteiger partial charge is 0.251 e. The van der Waals surface area contributed by atoms with Crippen molar-refractivity contribution in [1.29, 1.82) is 0 Å². The van der Waals surface area contributed by atoms with Crippen LogP contribution in [-0.2, 0) is 0 Å². The van der Waals surface area contributed by atoms with Crippen molar-refractivity contribution in [3.8, 4) is 11.5 Å². The van der Waals surface area contributed by atoms with Gasteiger partial charge in [-0.15, -0.1) is 0 Å². The quantitative estimate of drug-likeness (QED) is 0.647. The molecule has 0 saturated carbocycles. The number of ether oxygens (including phenoxy) is 1. The number of anilines is 1. The van der Waals surface area contributed by atoms with Gasteiger partial charge in [0.2, 0.25) is 0 Å². The second-order valence-electron chi connectivity index (χ2n) is 3.86. The van der Waals surface area contributed by atoms with E-state index in [0.717, 1.165) is 3.57 Å². The molecule has 19 heavy (non-hydrogen) atoms. The third-order valence-corrected chi connectivity index (χ3v) is 3.45. The Bertz CT molecular complexity index is 614. The van der Waals surface area contributed by atoms with Gasteiger partial charge in [-0.3, -0.25) is 4.79 Å². The zero-order chi connectivity index (χ0) is 13.8. The van der Waals surface area contributed by atoms with E-state index >= 15 is 0 Å². The molecule has 0 aliphatic heterocycles. The molecule has 98 valence electrons. The Balaban J connectivity index is 2.34. The zero-order valence-corrected chi connectivity index (χ0v) is 12.5. The second-order valence-corrected chi connectivity index (χ2v) is 5.03. The minimum absolute atomic E-state index is 0.174. The van der Waals surface area contributed by atoms with Crippen molar-refractivity contribution in [3.63, 3.8) is 0 Å². The van der Waals surface area contributed by atoms with Gasteiger partial charge in [-0.2, -0.15) is 0 Å². The van der Waals surface area contributed by atoms with Gasteiger partial charge < -0.3 is 15.8 Å². The first-order valence-electron chi connectivity index (χ1n) is 5.66. The molecule has 2 aromatic carbocycles. The third-order valence-electron chi connectivity index (χ3n) is 2.56. The van der Waals surface area contributed by atoms with Crippen LogP contribution in [0.2, 0.25) is 0 Å². The molecule has 0 spiro atoms. The van der Waals surface area contributed by atoms with Crippen LogP contribution in [0.4, 0.5) is 5.69 Å². The summed E-state index contributed by atoms with van der Waals surface area (Å²) in [6.45, 7) is 0. The molecule has 4 nitrogen and oxygen atoms in total. The minimum Gasteiger partial charge on any atom is -0.454 e. The molecular formula is C14H13IN2O2. The highest BCUT2D eigenvalue weighted by Gasteiger charge is 2.09. The van der Waals surface area contributed by atoms with E-state index < -0.39 is 0 Å². The van der Waals surface area contributed by atoms with Gasteiger partial charge in [-0.1, -0.05) is 12.1 Å². The van der Waals surface area contributed by atoms with E-state index in [2.05, 4.69) is 27.9 Å². The minimum atomic E-state index is -0.174. The lowest BCUT2D eigenvalue weighted by atomic mass is 10.2. The predicted octanol–water partition coefficient (Wildman–Crippen LogP) is 3.03. The molecule has 0 unspecified atom stereocenters. The lowest BCUT2D eigenvalue weighted by Gasteiger charge is -2.11. The van der Waals surface area contributed by atoms with Crippen molar-refractivity contribution >= 4 is 34.2 Å². The fourth-order valence-corrected chi connectivity index (χ4v) is 2.05. The molecule has 0 aromatic heterocycles.